The smallest absolute Gasteiger partial charge is 0.390 e. The van der Waals surface area contributed by atoms with Crippen LogP contribution in [0.2, 0.25) is 0 Å². The Morgan fingerprint density at radius 2 is 1.88 bits per heavy atom. The maximum Gasteiger partial charge on any atom is 0.472 e. The lowest BCUT2D eigenvalue weighted by atomic mass is 9.45. The van der Waals surface area contributed by atoms with Gasteiger partial charge in [-0.05, 0) is 102 Å². The Hall–Kier alpha value is -0.890. The number of carbonyl (C=O) groups excluding carboxylic acids is 1. The number of hydrogen-bond donors (Lipinski definition) is 3. The number of hydrogen-bond acceptors (Lipinski definition) is 8. The summed E-state index contributed by atoms with van der Waals surface area (Å²) >= 11 is 1.80. The van der Waals surface area contributed by atoms with Gasteiger partial charge in [0.05, 0.1) is 22.4 Å². The Balaban J connectivity index is 1.08. The Labute approximate surface area is 252 Å². The maximum atomic E-state index is 13.1. The van der Waals surface area contributed by atoms with Gasteiger partial charge < -0.3 is 14.7 Å². The number of rotatable bonds is 6. The average molecular weight is 705 g/mol. The molecule has 11 nitrogen and oxygen atoms in total. The first-order valence-corrected chi connectivity index (χ1v) is 17.4. The molecule has 1 aromatic rings. The monoisotopic (exact) mass is 704 g/mol. The number of aliphatic hydroxyl groups is 1. The van der Waals surface area contributed by atoms with Crippen LogP contribution in [-0.2, 0) is 23.1 Å². The number of aromatic amines is 1. The van der Waals surface area contributed by atoms with E-state index in [1.54, 1.807) is 22.6 Å². The first-order chi connectivity index (χ1) is 19.3. The van der Waals surface area contributed by atoms with Crippen LogP contribution in [0.5, 0.6) is 0 Å². The van der Waals surface area contributed by atoms with E-state index < -0.39 is 43.6 Å². The molecule has 4 aliphatic carbocycles. The van der Waals surface area contributed by atoms with E-state index in [4.69, 9.17) is 13.8 Å². The number of ketones is 1. The number of ether oxygens (including phenoxy) is 1. The third-order valence-electron chi connectivity index (χ3n) is 11.5. The van der Waals surface area contributed by atoms with Crippen molar-refractivity contribution in [2.45, 2.75) is 103 Å². The van der Waals surface area contributed by atoms with E-state index in [9.17, 15) is 28.9 Å². The fraction of sp³-hybridized carbons (Fsp3) is 0.821. The normalized spacial score (nSPS) is 43.7. The molecule has 1 aliphatic heterocycles. The van der Waals surface area contributed by atoms with Crippen LogP contribution < -0.4 is 11.2 Å². The lowest BCUT2D eigenvalue weighted by Gasteiger charge is -2.60. The molecule has 4 saturated carbocycles. The molecule has 1 saturated heterocycles. The molecular weight excluding hydrogens is 664 g/mol. The lowest BCUT2D eigenvalue weighted by Crippen LogP contribution is -2.54. The number of H-pyrrole nitrogens is 1. The number of phosphoric ester groups is 1. The van der Waals surface area contributed by atoms with Crippen molar-refractivity contribution in [3.05, 3.63) is 30.6 Å². The minimum Gasteiger partial charge on any atom is -0.390 e. The molecule has 0 amide bonds. The maximum absolute atomic E-state index is 13.1. The van der Waals surface area contributed by atoms with Gasteiger partial charge in [-0.15, -0.1) is 0 Å². The summed E-state index contributed by atoms with van der Waals surface area (Å²) in [5, 5.41) is 10.5. The predicted octanol–water partition coefficient (Wildman–Crippen LogP) is 3.90. The number of nitrogens with one attached hydrogen (secondary N) is 1. The molecule has 1 aromatic heterocycles. The topological polar surface area (TPSA) is 157 Å². The number of carbonyl (C=O) groups is 1. The lowest BCUT2D eigenvalue weighted by molar-refractivity contribution is -0.141. The van der Waals surface area contributed by atoms with Gasteiger partial charge in [-0.3, -0.25) is 28.2 Å². The van der Waals surface area contributed by atoms with E-state index in [2.05, 4.69) is 18.8 Å². The Morgan fingerprint density at radius 1 is 1.12 bits per heavy atom. The number of aliphatic hydroxyl groups excluding tert-OH is 1. The van der Waals surface area contributed by atoms with Crippen LogP contribution in [0.1, 0.15) is 84.3 Å². The summed E-state index contributed by atoms with van der Waals surface area (Å²) in [5.41, 5.74) is -1.20. The Morgan fingerprint density at radius 3 is 2.66 bits per heavy atom. The molecule has 0 aromatic carbocycles. The quantitative estimate of drug-likeness (QED) is 0.295. The van der Waals surface area contributed by atoms with Crippen LogP contribution in [0, 0.1) is 38.1 Å². The predicted molar refractivity (Wildman–Crippen MR) is 156 cm³/mol. The van der Waals surface area contributed by atoms with E-state index in [0.717, 1.165) is 44.9 Å². The molecule has 41 heavy (non-hydrogen) atoms. The van der Waals surface area contributed by atoms with Crippen molar-refractivity contribution in [3.63, 3.8) is 0 Å². The van der Waals surface area contributed by atoms with E-state index in [0.29, 0.717) is 45.9 Å². The molecule has 228 valence electrons. The summed E-state index contributed by atoms with van der Waals surface area (Å²) in [7, 11) is -4.47. The summed E-state index contributed by atoms with van der Waals surface area (Å²) in [5.74, 6) is 2.41. The van der Waals surface area contributed by atoms with Gasteiger partial charge in [0.2, 0.25) is 0 Å². The SMILES string of the molecule is C[C@]12CCC3C(CC[C@H]4CC(=O)CC[C@]34C)[C@@H]1CC[C@@H]2OP(=O)(O)OCC1OC(n2cc([125I])c(=O)[nH]c2=O)CC1O. The highest BCUT2D eigenvalue weighted by molar-refractivity contribution is 14.1. The van der Waals surface area contributed by atoms with Gasteiger partial charge in [-0.2, -0.15) is 0 Å². The summed E-state index contributed by atoms with van der Waals surface area (Å²) < 4.78 is 31.6. The van der Waals surface area contributed by atoms with E-state index in [1.807, 2.05) is 0 Å². The summed E-state index contributed by atoms with van der Waals surface area (Å²) in [6.07, 6.45) is 6.35. The average Bonchev–Trinajstić information content (AvgIpc) is 3.44. The fourth-order valence-corrected chi connectivity index (χ4v) is 10.7. The first kappa shape index (κ1) is 30.1. The van der Waals surface area contributed by atoms with Crippen molar-refractivity contribution in [3.8, 4) is 0 Å². The summed E-state index contributed by atoms with van der Waals surface area (Å²) in [4.78, 5) is 49.0. The van der Waals surface area contributed by atoms with Gasteiger partial charge in [0.1, 0.15) is 18.1 Å². The zero-order valence-corrected chi connectivity index (χ0v) is 26.6. The van der Waals surface area contributed by atoms with Crippen molar-refractivity contribution in [2.75, 3.05) is 6.61 Å². The molecular formula is C28H40IN2O9P. The fourth-order valence-electron chi connectivity index (χ4n) is 9.24. The number of fused-ring (bicyclic) bond motifs is 5. The molecule has 0 bridgehead atoms. The van der Waals surface area contributed by atoms with Crippen LogP contribution in [0.3, 0.4) is 0 Å². The molecule has 3 N–H and O–H groups in total. The van der Waals surface area contributed by atoms with Gasteiger partial charge in [0.15, 0.2) is 0 Å². The van der Waals surface area contributed by atoms with Crippen molar-refractivity contribution in [1.82, 2.24) is 9.55 Å². The zero-order chi connectivity index (χ0) is 29.3. The van der Waals surface area contributed by atoms with Crippen LogP contribution in [-0.4, -0.2) is 50.3 Å². The molecule has 13 heteroatoms. The van der Waals surface area contributed by atoms with Crippen molar-refractivity contribution in [1.29, 1.82) is 0 Å². The first-order valence-electron chi connectivity index (χ1n) is 14.8. The van der Waals surface area contributed by atoms with Crippen LogP contribution in [0.15, 0.2) is 15.8 Å². The largest absolute Gasteiger partial charge is 0.472 e. The van der Waals surface area contributed by atoms with E-state index in [1.165, 1.54) is 10.8 Å². The molecule has 2 heterocycles. The molecule has 11 atom stereocenters. The highest BCUT2D eigenvalue weighted by Gasteiger charge is 2.61. The van der Waals surface area contributed by atoms with Crippen molar-refractivity contribution in [2.24, 2.45) is 34.5 Å². The zero-order valence-electron chi connectivity index (χ0n) is 23.5. The Kier molecular flexibility index (Phi) is 8.03. The second kappa shape index (κ2) is 10.9. The van der Waals surface area contributed by atoms with E-state index >= 15 is 0 Å². The summed E-state index contributed by atoms with van der Waals surface area (Å²) in [6.45, 7) is 4.22. The van der Waals surface area contributed by atoms with Crippen LogP contribution >= 0.6 is 30.4 Å². The van der Waals surface area contributed by atoms with Gasteiger partial charge in [-0.25, -0.2) is 9.36 Å². The number of halogens is 1. The molecule has 6 unspecified atom stereocenters. The number of nitrogens with zero attached hydrogens (tertiary/aromatic N) is 1. The van der Waals surface area contributed by atoms with Gasteiger partial charge >= 0.3 is 13.5 Å². The second-order valence-corrected chi connectivity index (χ2v) is 16.0. The third kappa shape index (κ3) is 5.37. The number of Topliss-reactive ketones (excluding diaryl/α,β-unsaturated/α-hetero) is 1. The minimum atomic E-state index is -4.47. The van der Waals surface area contributed by atoms with Crippen LogP contribution in [0.4, 0.5) is 0 Å². The number of phosphoric acid groups is 1. The highest BCUT2D eigenvalue weighted by atomic mass is 125. The Bertz CT molecular complexity index is 1370. The van der Waals surface area contributed by atoms with Gasteiger partial charge in [0, 0.05) is 25.5 Å². The molecule has 5 aliphatic rings. The number of aromatic nitrogens is 2. The van der Waals surface area contributed by atoms with Crippen molar-refractivity contribution < 1.29 is 33.1 Å². The molecule has 6 rings (SSSR count). The van der Waals surface area contributed by atoms with E-state index in [-0.39, 0.29) is 23.9 Å². The van der Waals surface area contributed by atoms with Crippen molar-refractivity contribution >= 4 is 36.2 Å². The summed E-state index contributed by atoms with van der Waals surface area (Å²) in [6, 6.07) is 0. The third-order valence-corrected chi connectivity index (χ3v) is 13.3. The van der Waals surface area contributed by atoms with Crippen LogP contribution in [0.25, 0.3) is 0 Å². The molecule has 0 spiro atoms. The molecule has 0 radical (unpaired) electrons. The standard InChI is InChI=1S/C28H40IN2O9P/c1-27-9-7-16(32)11-15(27)3-4-17-18-5-6-23(28(18,2)10-8-19(17)27)40-41(36,37)38-14-22-21(33)12-24(39-22)31-13-20(29)25(34)30-26(31)35/h13,15,17-19,21-24,33H,3-12,14H2,1-2H3,(H,36,37)(H,30,34,35)/t15-,17?,18-,19?,21?,22?,23-,24?,27-,28-/m0/s1/i29-2. The molecule has 5 fully saturated rings. The van der Waals surface area contributed by atoms with Gasteiger partial charge in [0.25, 0.3) is 5.56 Å². The highest BCUT2D eigenvalue weighted by Crippen LogP contribution is 2.67. The van der Waals surface area contributed by atoms with Gasteiger partial charge in [-0.1, -0.05) is 13.8 Å². The second-order valence-electron chi connectivity index (χ2n) is 13.5. The minimum absolute atomic E-state index is 0.0610.